The largest absolute Gasteiger partial charge is 0.478 e. The zero-order valence-corrected chi connectivity index (χ0v) is 10.7. The fourth-order valence-electron chi connectivity index (χ4n) is 1.35. The molecular formula is C11H7F3N2O3S. The van der Waals surface area contributed by atoms with E-state index in [0.29, 0.717) is 17.1 Å². The first-order chi connectivity index (χ1) is 9.27. The van der Waals surface area contributed by atoms with Gasteiger partial charge in [-0.15, -0.1) is 0 Å². The number of hydrogen-bond donors (Lipinski definition) is 1. The van der Waals surface area contributed by atoms with Gasteiger partial charge in [0.05, 0.1) is 0 Å². The predicted octanol–water partition coefficient (Wildman–Crippen LogP) is 3.36. The first-order valence-corrected chi connectivity index (χ1v) is 5.97. The summed E-state index contributed by atoms with van der Waals surface area (Å²) in [6.07, 6.45) is -4.67. The van der Waals surface area contributed by atoms with Gasteiger partial charge >= 0.3 is 12.1 Å². The van der Waals surface area contributed by atoms with E-state index in [1.807, 2.05) is 0 Å². The summed E-state index contributed by atoms with van der Waals surface area (Å²) in [5, 5.41) is 8.61. The number of benzene rings is 1. The first-order valence-electron chi connectivity index (χ1n) is 5.20. The molecule has 0 fully saturated rings. The van der Waals surface area contributed by atoms with Crippen LogP contribution in [-0.2, 0) is 6.18 Å². The molecule has 0 saturated heterocycles. The minimum absolute atomic E-state index is 0.0811. The van der Waals surface area contributed by atoms with Crippen molar-refractivity contribution in [3.05, 3.63) is 35.2 Å². The first kappa shape index (κ1) is 14.3. The highest BCUT2D eigenvalue weighted by Gasteiger charge is 2.36. The number of aromatic carboxylic acids is 1. The van der Waals surface area contributed by atoms with E-state index in [1.54, 1.807) is 13.0 Å². The summed E-state index contributed by atoms with van der Waals surface area (Å²) in [4.78, 5) is 14.2. The summed E-state index contributed by atoms with van der Waals surface area (Å²) >= 11 is 0.401. The van der Waals surface area contributed by atoms with Crippen LogP contribution in [0, 0.1) is 6.92 Å². The molecule has 106 valence electrons. The summed E-state index contributed by atoms with van der Waals surface area (Å²) in [6, 6.07) is 4.26. The van der Waals surface area contributed by atoms with Crippen molar-refractivity contribution >= 4 is 17.5 Å². The maximum absolute atomic E-state index is 12.3. The summed E-state index contributed by atoms with van der Waals surface area (Å²) in [5.74, 6) is -2.65. The molecule has 0 spiro atoms. The minimum atomic E-state index is -4.67. The second-order valence-corrected chi connectivity index (χ2v) is 4.50. The molecule has 0 atom stereocenters. The summed E-state index contributed by atoms with van der Waals surface area (Å²) < 4.78 is 45.2. The van der Waals surface area contributed by atoms with Crippen molar-refractivity contribution in [3.63, 3.8) is 0 Å². The number of rotatable bonds is 3. The van der Waals surface area contributed by atoms with Gasteiger partial charge in [0.15, 0.2) is 0 Å². The van der Waals surface area contributed by atoms with Crippen LogP contribution >= 0.6 is 11.5 Å². The fourth-order valence-corrected chi connectivity index (χ4v) is 1.91. The maximum Gasteiger partial charge on any atom is 0.452 e. The third kappa shape index (κ3) is 3.05. The van der Waals surface area contributed by atoms with Gasteiger partial charge in [-0.05, 0) is 24.6 Å². The predicted molar refractivity (Wildman–Crippen MR) is 63.1 cm³/mol. The van der Waals surface area contributed by atoms with E-state index < -0.39 is 18.0 Å². The monoisotopic (exact) mass is 304 g/mol. The number of nitrogens with zero attached hydrogens (tertiary/aromatic N) is 2. The van der Waals surface area contributed by atoms with Gasteiger partial charge in [0.25, 0.3) is 11.0 Å². The Balaban J connectivity index is 2.32. The van der Waals surface area contributed by atoms with Crippen molar-refractivity contribution in [1.82, 2.24) is 9.36 Å². The van der Waals surface area contributed by atoms with Gasteiger partial charge in [-0.3, -0.25) is 0 Å². The average molecular weight is 304 g/mol. The smallest absolute Gasteiger partial charge is 0.452 e. The van der Waals surface area contributed by atoms with Crippen molar-refractivity contribution < 1.29 is 27.8 Å². The van der Waals surface area contributed by atoms with Crippen molar-refractivity contribution in [3.8, 4) is 10.9 Å². The highest BCUT2D eigenvalue weighted by molar-refractivity contribution is 7.07. The topological polar surface area (TPSA) is 72.3 Å². The lowest BCUT2D eigenvalue weighted by molar-refractivity contribution is -0.144. The number of halogens is 3. The van der Waals surface area contributed by atoms with Crippen LogP contribution in [0.25, 0.3) is 0 Å². The molecular weight excluding hydrogens is 297 g/mol. The number of carboxylic acid groups (broad SMARTS) is 1. The van der Waals surface area contributed by atoms with Gasteiger partial charge in [-0.25, -0.2) is 4.79 Å². The van der Waals surface area contributed by atoms with Crippen molar-refractivity contribution in [2.45, 2.75) is 13.1 Å². The molecule has 0 saturated carbocycles. The van der Waals surface area contributed by atoms with Gasteiger partial charge in [-0.2, -0.15) is 22.5 Å². The number of carboxylic acids is 1. The fraction of sp³-hybridized carbons (Fsp3) is 0.182. The Bertz CT molecular complexity index is 655. The van der Waals surface area contributed by atoms with Crippen LogP contribution in [-0.4, -0.2) is 20.4 Å². The van der Waals surface area contributed by atoms with E-state index in [0.717, 1.165) is 0 Å². The van der Waals surface area contributed by atoms with Crippen LogP contribution in [0.4, 0.5) is 13.2 Å². The number of alkyl halides is 3. The molecule has 5 nitrogen and oxygen atoms in total. The van der Waals surface area contributed by atoms with Gasteiger partial charge in [0.1, 0.15) is 11.3 Å². The van der Waals surface area contributed by atoms with Gasteiger partial charge in [-0.1, -0.05) is 6.07 Å². The van der Waals surface area contributed by atoms with Gasteiger partial charge in [0, 0.05) is 11.5 Å². The Morgan fingerprint density at radius 1 is 1.40 bits per heavy atom. The van der Waals surface area contributed by atoms with Crippen LogP contribution in [0.1, 0.15) is 21.7 Å². The number of aromatic nitrogens is 2. The van der Waals surface area contributed by atoms with Gasteiger partial charge in [0.2, 0.25) is 0 Å². The quantitative estimate of drug-likeness (QED) is 0.941. The number of ether oxygens (including phenoxy) is 1. The summed E-state index contributed by atoms with van der Waals surface area (Å²) in [5.41, 5.74) is 0.532. The molecule has 20 heavy (non-hydrogen) atoms. The van der Waals surface area contributed by atoms with Crippen LogP contribution in [0.3, 0.4) is 0 Å². The molecule has 0 bridgehead atoms. The Kier molecular flexibility index (Phi) is 3.62. The molecule has 0 aliphatic heterocycles. The third-order valence-corrected chi connectivity index (χ3v) is 2.82. The lowest BCUT2D eigenvalue weighted by Crippen LogP contribution is -2.07. The molecule has 1 aromatic carbocycles. The molecule has 9 heteroatoms. The molecule has 0 amide bonds. The lowest BCUT2D eigenvalue weighted by atomic mass is 10.1. The number of carbonyl (C=O) groups is 1. The van der Waals surface area contributed by atoms with E-state index in [2.05, 4.69) is 9.36 Å². The van der Waals surface area contributed by atoms with Crippen molar-refractivity contribution in [1.29, 1.82) is 0 Å². The SMILES string of the molecule is Cc1ccc(C(=O)O)c(Oc2nc(C(F)(F)F)ns2)c1. The Hall–Kier alpha value is -2.16. The number of aryl methyl sites for hydroxylation is 1. The van der Waals surface area contributed by atoms with E-state index in [9.17, 15) is 18.0 Å². The summed E-state index contributed by atoms with van der Waals surface area (Å²) in [7, 11) is 0. The van der Waals surface area contributed by atoms with Crippen molar-refractivity contribution in [2.24, 2.45) is 0 Å². The molecule has 0 aliphatic rings. The lowest BCUT2D eigenvalue weighted by Gasteiger charge is -2.06. The Morgan fingerprint density at radius 3 is 2.65 bits per heavy atom. The Labute approximate surface area is 114 Å². The molecule has 1 aromatic heterocycles. The van der Waals surface area contributed by atoms with E-state index >= 15 is 0 Å². The number of hydrogen-bond acceptors (Lipinski definition) is 5. The Morgan fingerprint density at radius 2 is 2.10 bits per heavy atom. The maximum atomic E-state index is 12.3. The second kappa shape index (κ2) is 5.08. The van der Waals surface area contributed by atoms with E-state index in [-0.39, 0.29) is 16.5 Å². The minimum Gasteiger partial charge on any atom is -0.478 e. The van der Waals surface area contributed by atoms with Crippen LogP contribution in [0.2, 0.25) is 0 Å². The zero-order valence-electron chi connectivity index (χ0n) is 9.93. The molecule has 0 aliphatic carbocycles. The highest BCUT2D eigenvalue weighted by Crippen LogP contribution is 2.33. The van der Waals surface area contributed by atoms with Crippen LogP contribution in [0.5, 0.6) is 10.9 Å². The average Bonchev–Trinajstić information content (AvgIpc) is 2.76. The van der Waals surface area contributed by atoms with Gasteiger partial charge < -0.3 is 9.84 Å². The molecule has 0 radical (unpaired) electrons. The molecule has 1 heterocycles. The molecule has 0 unspecified atom stereocenters. The van der Waals surface area contributed by atoms with E-state index in [4.69, 9.17) is 9.84 Å². The highest BCUT2D eigenvalue weighted by atomic mass is 32.1. The van der Waals surface area contributed by atoms with Crippen LogP contribution in [0.15, 0.2) is 18.2 Å². The zero-order chi connectivity index (χ0) is 14.9. The van der Waals surface area contributed by atoms with E-state index in [1.165, 1.54) is 12.1 Å². The molecule has 2 rings (SSSR count). The summed E-state index contributed by atoms with van der Waals surface area (Å²) in [6.45, 7) is 1.69. The molecule has 2 aromatic rings. The van der Waals surface area contributed by atoms with Crippen LogP contribution < -0.4 is 4.74 Å². The normalized spacial score (nSPS) is 11.4. The standard InChI is InChI=1S/C11H7F3N2O3S/c1-5-2-3-6(8(17)18)7(4-5)19-10-15-9(16-20-10)11(12,13)14/h2-4H,1H3,(H,17,18). The third-order valence-electron chi connectivity index (χ3n) is 2.23. The molecule has 1 N–H and O–H groups in total. The second-order valence-electron chi connectivity index (χ2n) is 3.79. The van der Waals surface area contributed by atoms with Crippen molar-refractivity contribution in [2.75, 3.05) is 0 Å².